The Morgan fingerprint density at radius 1 is 1.44 bits per heavy atom. The second kappa shape index (κ2) is 4.32. The lowest BCUT2D eigenvalue weighted by Gasteiger charge is -2.23. The van der Waals surface area contributed by atoms with Crippen molar-refractivity contribution in [1.82, 2.24) is 10.1 Å². The molecule has 0 heterocycles. The summed E-state index contributed by atoms with van der Waals surface area (Å²) >= 11 is 0. The van der Waals surface area contributed by atoms with E-state index in [1.165, 1.54) is 0 Å². The van der Waals surface area contributed by atoms with Crippen LogP contribution in [0.4, 0.5) is 0 Å². The van der Waals surface area contributed by atoms with Crippen LogP contribution < -0.4 is 0 Å². The second-order valence-corrected chi connectivity index (χ2v) is 1.91. The maximum atomic E-state index is 4.08. The van der Waals surface area contributed by atoms with Crippen LogP contribution in [0.15, 0.2) is 5.10 Å². The molecule has 0 N–H and O–H groups in total. The maximum Gasteiger partial charge on any atom is 0.0507 e. The van der Waals surface area contributed by atoms with Crippen molar-refractivity contribution in [3.05, 3.63) is 0 Å². The Bertz CT molecular complexity index is 88.3. The summed E-state index contributed by atoms with van der Waals surface area (Å²) in [6, 6.07) is 0. The van der Waals surface area contributed by atoms with E-state index in [0.29, 0.717) is 0 Å². The molecule has 0 aromatic rings. The molecule has 0 aliphatic carbocycles. The van der Waals surface area contributed by atoms with Gasteiger partial charge in [0.2, 0.25) is 0 Å². The summed E-state index contributed by atoms with van der Waals surface area (Å²) in [7, 11) is 3.94. The topological polar surface area (TPSA) is 18.8 Å². The Balaban J connectivity index is 3.68. The van der Waals surface area contributed by atoms with Crippen molar-refractivity contribution in [1.29, 1.82) is 0 Å². The Kier molecular flexibility index (Phi) is 4.05. The lowest BCUT2D eigenvalue weighted by molar-refractivity contribution is 0.0350. The van der Waals surface area contributed by atoms with Gasteiger partial charge in [0.15, 0.2) is 0 Å². The number of hydrogen-bond donors (Lipinski definition) is 0. The molecule has 0 bridgehead atoms. The Morgan fingerprint density at radius 3 is 2.11 bits per heavy atom. The molecule has 0 amide bonds. The molecule has 3 heteroatoms. The normalized spacial score (nSPS) is 11.2. The van der Waals surface area contributed by atoms with E-state index < -0.39 is 0 Å². The summed E-state index contributed by atoms with van der Waals surface area (Å²) < 4.78 is 0. The summed E-state index contributed by atoms with van der Waals surface area (Å²) in [5.41, 5.74) is 0. The smallest absolute Gasteiger partial charge is 0.0507 e. The third-order valence-corrected chi connectivity index (χ3v) is 0.993. The standard InChI is InChI=1S/C6H15N3/c1-5-7-9(6-2)8(3)4/h5H,6H2,1-4H3/b7-5-. The molecule has 0 aliphatic heterocycles. The Morgan fingerprint density at radius 2 is 2.00 bits per heavy atom. The van der Waals surface area contributed by atoms with E-state index in [0.717, 1.165) is 6.54 Å². The highest BCUT2D eigenvalue weighted by molar-refractivity contribution is 5.52. The van der Waals surface area contributed by atoms with Crippen molar-refractivity contribution in [2.24, 2.45) is 5.10 Å². The van der Waals surface area contributed by atoms with Gasteiger partial charge in [-0.05, 0) is 13.8 Å². The van der Waals surface area contributed by atoms with Gasteiger partial charge in [-0.15, -0.1) is 0 Å². The number of nitrogens with zero attached hydrogens (tertiary/aromatic N) is 3. The number of hydrazine groups is 1. The first-order chi connectivity index (χ1) is 4.22. The molecule has 0 atom stereocenters. The second-order valence-electron chi connectivity index (χ2n) is 1.91. The molecule has 0 saturated carbocycles. The van der Waals surface area contributed by atoms with Gasteiger partial charge >= 0.3 is 0 Å². The molecule has 0 saturated heterocycles. The van der Waals surface area contributed by atoms with Gasteiger partial charge < -0.3 is 0 Å². The van der Waals surface area contributed by atoms with E-state index in [1.807, 2.05) is 31.1 Å². The quantitative estimate of drug-likeness (QED) is 0.414. The molecule has 54 valence electrons. The van der Waals surface area contributed by atoms with E-state index in [1.54, 1.807) is 6.21 Å². The first-order valence-electron chi connectivity index (χ1n) is 3.15. The fourth-order valence-corrected chi connectivity index (χ4v) is 0.601. The maximum absolute atomic E-state index is 4.08. The lowest BCUT2D eigenvalue weighted by Crippen LogP contribution is -2.31. The monoisotopic (exact) mass is 129 g/mol. The summed E-state index contributed by atoms with van der Waals surface area (Å²) in [6.45, 7) is 4.89. The third-order valence-electron chi connectivity index (χ3n) is 0.993. The predicted molar refractivity (Wildman–Crippen MR) is 40.2 cm³/mol. The van der Waals surface area contributed by atoms with Crippen LogP contribution in [0.1, 0.15) is 13.8 Å². The summed E-state index contributed by atoms with van der Waals surface area (Å²) in [6.07, 6.45) is 1.78. The van der Waals surface area contributed by atoms with Crippen LogP contribution in [0.5, 0.6) is 0 Å². The van der Waals surface area contributed by atoms with Gasteiger partial charge in [-0.1, -0.05) is 0 Å². The molecule has 0 aromatic carbocycles. The van der Waals surface area contributed by atoms with Crippen molar-refractivity contribution < 1.29 is 0 Å². The van der Waals surface area contributed by atoms with E-state index in [-0.39, 0.29) is 0 Å². The highest BCUT2D eigenvalue weighted by Crippen LogP contribution is 1.88. The number of hydrogen-bond acceptors (Lipinski definition) is 3. The largest absolute Gasteiger partial charge is 0.228 e. The van der Waals surface area contributed by atoms with Gasteiger partial charge in [0.05, 0.1) is 6.54 Å². The van der Waals surface area contributed by atoms with Gasteiger partial charge in [-0.3, -0.25) is 0 Å². The molecule has 0 unspecified atom stereocenters. The first-order valence-corrected chi connectivity index (χ1v) is 3.15. The van der Waals surface area contributed by atoms with Crippen molar-refractivity contribution in [2.45, 2.75) is 13.8 Å². The van der Waals surface area contributed by atoms with Crippen LogP contribution in [0, 0.1) is 0 Å². The van der Waals surface area contributed by atoms with Crippen LogP contribution in [0.2, 0.25) is 0 Å². The average molecular weight is 129 g/mol. The predicted octanol–water partition coefficient (Wildman–Crippen LogP) is 0.791. The summed E-state index contributed by atoms with van der Waals surface area (Å²) in [4.78, 5) is 0. The molecule has 0 aliphatic rings. The van der Waals surface area contributed by atoms with Crippen molar-refractivity contribution in [3.8, 4) is 0 Å². The summed E-state index contributed by atoms with van der Waals surface area (Å²) in [5.74, 6) is 0. The fraction of sp³-hybridized carbons (Fsp3) is 0.833. The van der Waals surface area contributed by atoms with E-state index in [9.17, 15) is 0 Å². The lowest BCUT2D eigenvalue weighted by atomic mass is 10.8. The van der Waals surface area contributed by atoms with Crippen molar-refractivity contribution >= 4 is 6.21 Å². The minimum Gasteiger partial charge on any atom is -0.228 e. The zero-order valence-corrected chi connectivity index (χ0v) is 6.63. The minimum absolute atomic E-state index is 0.914. The Labute approximate surface area is 56.9 Å². The van der Waals surface area contributed by atoms with Crippen molar-refractivity contribution in [2.75, 3.05) is 20.6 Å². The van der Waals surface area contributed by atoms with Gasteiger partial charge in [0, 0.05) is 20.3 Å². The highest BCUT2D eigenvalue weighted by Gasteiger charge is 1.95. The zero-order chi connectivity index (χ0) is 7.28. The molecule has 3 nitrogen and oxygen atoms in total. The molecule has 0 aromatic heterocycles. The van der Waals surface area contributed by atoms with Crippen LogP contribution in [-0.2, 0) is 0 Å². The van der Waals surface area contributed by atoms with Crippen LogP contribution in [-0.4, -0.2) is 37.0 Å². The van der Waals surface area contributed by atoms with Gasteiger partial charge in [0.25, 0.3) is 0 Å². The fourth-order valence-electron chi connectivity index (χ4n) is 0.601. The molecule has 0 radical (unpaired) electrons. The zero-order valence-electron chi connectivity index (χ0n) is 6.63. The number of hydrazone groups is 1. The number of rotatable bonds is 3. The van der Waals surface area contributed by atoms with Crippen LogP contribution >= 0.6 is 0 Å². The molecular weight excluding hydrogens is 114 g/mol. The van der Waals surface area contributed by atoms with E-state index in [2.05, 4.69) is 12.0 Å². The molecule has 0 fully saturated rings. The highest BCUT2D eigenvalue weighted by atomic mass is 15.8. The third kappa shape index (κ3) is 3.08. The van der Waals surface area contributed by atoms with Crippen LogP contribution in [0.3, 0.4) is 0 Å². The van der Waals surface area contributed by atoms with E-state index in [4.69, 9.17) is 0 Å². The van der Waals surface area contributed by atoms with E-state index >= 15 is 0 Å². The van der Waals surface area contributed by atoms with Gasteiger partial charge in [-0.25, -0.2) is 10.1 Å². The SMILES string of the molecule is C/C=N\N(CC)N(C)C. The van der Waals surface area contributed by atoms with Crippen molar-refractivity contribution in [3.63, 3.8) is 0 Å². The molecule has 0 spiro atoms. The average Bonchev–Trinajstić information content (AvgIpc) is 1.82. The molecule has 9 heavy (non-hydrogen) atoms. The molecular formula is C6H15N3. The minimum atomic E-state index is 0.914. The first kappa shape index (κ1) is 8.43. The van der Waals surface area contributed by atoms with Gasteiger partial charge in [0.1, 0.15) is 0 Å². The van der Waals surface area contributed by atoms with Gasteiger partial charge in [-0.2, -0.15) is 5.10 Å². The Hall–Kier alpha value is -0.570. The van der Waals surface area contributed by atoms with Crippen LogP contribution in [0.25, 0.3) is 0 Å². The summed E-state index contributed by atoms with van der Waals surface area (Å²) in [5, 5.41) is 7.90. The molecule has 0 rings (SSSR count).